The lowest BCUT2D eigenvalue weighted by Crippen LogP contribution is -2.39. The number of hydrogen-bond acceptors (Lipinski definition) is 5. The average Bonchev–Trinajstić information content (AvgIpc) is 2.62. The molecule has 1 aromatic heterocycles. The van der Waals surface area contributed by atoms with Crippen LogP contribution in [-0.4, -0.2) is 38.0 Å². The topological polar surface area (TPSA) is 75.2 Å². The molecule has 0 aliphatic carbocycles. The van der Waals surface area contributed by atoms with Gasteiger partial charge in [-0.3, -0.25) is 0 Å². The van der Waals surface area contributed by atoms with Gasteiger partial charge in [-0.2, -0.15) is 0 Å². The monoisotopic (exact) mass is 384 g/mol. The molecule has 1 aliphatic rings. The van der Waals surface area contributed by atoms with Gasteiger partial charge in [0.1, 0.15) is 0 Å². The normalized spacial score (nSPS) is 16.2. The van der Waals surface area contributed by atoms with E-state index in [-0.39, 0.29) is 10.8 Å². The van der Waals surface area contributed by atoms with Crippen LogP contribution < -0.4 is 9.62 Å². The lowest BCUT2D eigenvalue weighted by molar-refractivity contribution is 0.398. The number of piperidine rings is 1. The molecule has 0 radical (unpaired) electrons. The van der Waals surface area contributed by atoms with E-state index in [0.717, 1.165) is 25.2 Å². The van der Waals surface area contributed by atoms with Crippen LogP contribution in [0.1, 0.15) is 12.8 Å². The molecular formula is C16H18ClFN4O2S. The van der Waals surface area contributed by atoms with E-state index in [4.69, 9.17) is 11.6 Å². The Morgan fingerprint density at radius 3 is 2.36 bits per heavy atom. The number of benzene rings is 1. The Morgan fingerprint density at radius 2 is 1.76 bits per heavy atom. The summed E-state index contributed by atoms with van der Waals surface area (Å²) in [5.74, 6) is 0.274. The zero-order valence-electron chi connectivity index (χ0n) is 13.4. The summed E-state index contributed by atoms with van der Waals surface area (Å²) < 4.78 is 40.1. The third-order valence-electron chi connectivity index (χ3n) is 4.19. The van der Waals surface area contributed by atoms with Crippen LogP contribution in [0.4, 0.5) is 10.3 Å². The first-order valence-corrected chi connectivity index (χ1v) is 9.78. The molecule has 2 heterocycles. The molecule has 134 valence electrons. The van der Waals surface area contributed by atoms with Gasteiger partial charge in [-0.05, 0) is 43.0 Å². The van der Waals surface area contributed by atoms with E-state index >= 15 is 0 Å². The molecule has 1 aliphatic heterocycles. The van der Waals surface area contributed by atoms with E-state index in [0.29, 0.717) is 30.6 Å². The maximum absolute atomic E-state index is 12.9. The average molecular weight is 385 g/mol. The van der Waals surface area contributed by atoms with Crippen molar-refractivity contribution < 1.29 is 12.8 Å². The van der Waals surface area contributed by atoms with E-state index in [1.165, 1.54) is 12.1 Å². The minimum absolute atomic E-state index is 0.203. The Kier molecular flexibility index (Phi) is 5.51. The Balaban J connectivity index is 1.52. The van der Waals surface area contributed by atoms with Gasteiger partial charge in [-0.15, -0.1) is 0 Å². The van der Waals surface area contributed by atoms with Gasteiger partial charge < -0.3 is 4.90 Å². The van der Waals surface area contributed by atoms with Gasteiger partial charge in [0.25, 0.3) is 0 Å². The SMILES string of the molecule is O=S(=O)(NCC1CCN(c2ncc(F)cn2)CC1)c1ccc(Cl)cc1. The summed E-state index contributed by atoms with van der Waals surface area (Å²) in [7, 11) is -3.54. The fourth-order valence-corrected chi connectivity index (χ4v) is 3.97. The van der Waals surface area contributed by atoms with Gasteiger partial charge in [0.2, 0.25) is 16.0 Å². The Labute approximate surface area is 151 Å². The molecule has 0 saturated carbocycles. The van der Waals surface area contributed by atoms with E-state index < -0.39 is 15.8 Å². The van der Waals surface area contributed by atoms with Crippen molar-refractivity contribution in [3.8, 4) is 0 Å². The predicted molar refractivity (Wildman–Crippen MR) is 93.6 cm³/mol. The van der Waals surface area contributed by atoms with Crippen molar-refractivity contribution in [2.45, 2.75) is 17.7 Å². The number of halogens is 2. The molecule has 2 aromatic rings. The molecule has 0 unspecified atom stereocenters. The number of nitrogens with one attached hydrogen (secondary N) is 1. The minimum Gasteiger partial charge on any atom is -0.341 e. The van der Waals surface area contributed by atoms with Crippen LogP contribution in [0.25, 0.3) is 0 Å². The summed E-state index contributed by atoms with van der Waals surface area (Å²) in [6.07, 6.45) is 3.91. The summed E-state index contributed by atoms with van der Waals surface area (Å²) in [5, 5.41) is 0.495. The second-order valence-electron chi connectivity index (χ2n) is 5.94. The molecule has 0 amide bonds. The van der Waals surface area contributed by atoms with Gasteiger partial charge in [-0.25, -0.2) is 27.5 Å². The van der Waals surface area contributed by atoms with Crippen LogP contribution in [0, 0.1) is 11.7 Å². The van der Waals surface area contributed by atoms with E-state index in [2.05, 4.69) is 14.7 Å². The highest BCUT2D eigenvalue weighted by Gasteiger charge is 2.23. The molecule has 9 heteroatoms. The fraction of sp³-hybridized carbons (Fsp3) is 0.375. The fourth-order valence-electron chi connectivity index (χ4n) is 2.73. The molecule has 3 rings (SSSR count). The van der Waals surface area contributed by atoms with Crippen molar-refractivity contribution in [1.29, 1.82) is 0 Å². The number of anilines is 1. The van der Waals surface area contributed by atoms with Crippen LogP contribution in [-0.2, 0) is 10.0 Å². The highest BCUT2D eigenvalue weighted by atomic mass is 35.5. The van der Waals surface area contributed by atoms with Crippen molar-refractivity contribution in [2.24, 2.45) is 5.92 Å². The van der Waals surface area contributed by atoms with Crippen LogP contribution in [0.2, 0.25) is 5.02 Å². The van der Waals surface area contributed by atoms with Crippen molar-refractivity contribution in [3.63, 3.8) is 0 Å². The van der Waals surface area contributed by atoms with Crippen molar-refractivity contribution in [2.75, 3.05) is 24.5 Å². The Bertz CT molecular complexity index is 807. The number of nitrogens with zero attached hydrogens (tertiary/aromatic N) is 3. The largest absolute Gasteiger partial charge is 0.341 e. The van der Waals surface area contributed by atoms with E-state index in [1.54, 1.807) is 12.1 Å². The third-order valence-corrected chi connectivity index (χ3v) is 5.88. The predicted octanol–water partition coefficient (Wildman–Crippen LogP) is 2.46. The molecule has 1 N–H and O–H groups in total. The molecule has 6 nitrogen and oxygen atoms in total. The molecule has 1 fully saturated rings. The van der Waals surface area contributed by atoms with Crippen molar-refractivity contribution >= 4 is 27.6 Å². The first kappa shape index (κ1) is 18.0. The molecular weight excluding hydrogens is 367 g/mol. The highest BCUT2D eigenvalue weighted by Crippen LogP contribution is 2.21. The third kappa shape index (κ3) is 4.65. The van der Waals surface area contributed by atoms with Crippen LogP contribution in [0.5, 0.6) is 0 Å². The van der Waals surface area contributed by atoms with Gasteiger partial charge >= 0.3 is 0 Å². The summed E-state index contributed by atoms with van der Waals surface area (Å²) >= 11 is 5.78. The lowest BCUT2D eigenvalue weighted by atomic mass is 9.97. The Hall–Kier alpha value is -1.77. The van der Waals surface area contributed by atoms with Crippen LogP contribution >= 0.6 is 11.6 Å². The number of sulfonamides is 1. The summed E-state index contributed by atoms with van der Waals surface area (Å²) in [4.78, 5) is 10.1. The smallest absolute Gasteiger partial charge is 0.240 e. The van der Waals surface area contributed by atoms with Gasteiger partial charge in [-0.1, -0.05) is 11.6 Å². The van der Waals surface area contributed by atoms with Crippen LogP contribution in [0.15, 0.2) is 41.6 Å². The lowest BCUT2D eigenvalue weighted by Gasteiger charge is -2.31. The molecule has 25 heavy (non-hydrogen) atoms. The standard InChI is InChI=1S/C16H18ClFN4O2S/c17-13-1-3-15(4-2-13)25(23,24)21-9-12-5-7-22(8-6-12)16-19-10-14(18)11-20-16/h1-4,10-12,21H,5-9H2. The summed E-state index contributed by atoms with van der Waals surface area (Å²) in [5.41, 5.74) is 0. The first-order chi connectivity index (χ1) is 11.9. The van der Waals surface area contributed by atoms with Crippen molar-refractivity contribution in [3.05, 3.63) is 47.5 Å². The number of hydrogen-bond donors (Lipinski definition) is 1. The summed E-state index contributed by atoms with van der Waals surface area (Å²) in [6.45, 7) is 1.79. The van der Waals surface area contributed by atoms with Gasteiger partial charge in [0.05, 0.1) is 17.3 Å². The van der Waals surface area contributed by atoms with E-state index in [1.807, 2.05) is 4.90 Å². The zero-order chi connectivity index (χ0) is 17.9. The molecule has 1 aromatic carbocycles. The minimum atomic E-state index is -3.54. The van der Waals surface area contributed by atoms with Gasteiger partial charge in [0.15, 0.2) is 5.82 Å². The summed E-state index contributed by atoms with van der Waals surface area (Å²) in [6, 6.07) is 6.08. The molecule has 0 spiro atoms. The zero-order valence-corrected chi connectivity index (χ0v) is 15.0. The van der Waals surface area contributed by atoms with Gasteiger partial charge in [0, 0.05) is 24.7 Å². The first-order valence-electron chi connectivity index (χ1n) is 7.92. The molecule has 0 atom stereocenters. The second kappa shape index (κ2) is 7.63. The van der Waals surface area contributed by atoms with E-state index in [9.17, 15) is 12.8 Å². The van der Waals surface area contributed by atoms with Crippen molar-refractivity contribution in [1.82, 2.24) is 14.7 Å². The quantitative estimate of drug-likeness (QED) is 0.857. The van der Waals surface area contributed by atoms with Crippen LogP contribution in [0.3, 0.4) is 0 Å². The number of rotatable bonds is 5. The highest BCUT2D eigenvalue weighted by molar-refractivity contribution is 7.89. The maximum atomic E-state index is 12.9. The molecule has 0 bridgehead atoms. The number of aromatic nitrogens is 2. The Morgan fingerprint density at radius 1 is 1.16 bits per heavy atom. The maximum Gasteiger partial charge on any atom is 0.240 e. The second-order valence-corrected chi connectivity index (χ2v) is 8.14. The molecule has 1 saturated heterocycles.